The number of aliphatic hydroxyl groups is 1. The molecule has 0 spiro atoms. The Balaban J connectivity index is 0.989. The second-order valence-electron chi connectivity index (χ2n) is 11.9. The van der Waals surface area contributed by atoms with Gasteiger partial charge in [-0.3, -0.25) is 14.6 Å². The summed E-state index contributed by atoms with van der Waals surface area (Å²) in [4.78, 5) is 17.9. The van der Waals surface area contributed by atoms with Crippen molar-refractivity contribution in [2.24, 2.45) is 17.8 Å². The van der Waals surface area contributed by atoms with Crippen LogP contribution < -0.4 is 10.1 Å². The van der Waals surface area contributed by atoms with Crippen molar-refractivity contribution in [3.63, 3.8) is 0 Å². The van der Waals surface area contributed by atoms with Crippen LogP contribution in [0.1, 0.15) is 48.9 Å². The first kappa shape index (κ1) is 24.8. The number of aliphatic hydroxyl groups excluding tert-OH is 1. The zero-order valence-corrected chi connectivity index (χ0v) is 21.4. The van der Waals surface area contributed by atoms with E-state index in [-0.39, 0.29) is 18.3 Å². The van der Waals surface area contributed by atoms with Crippen LogP contribution in [0.2, 0.25) is 0 Å². The molecule has 1 atom stereocenters. The summed E-state index contributed by atoms with van der Waals surface area (Å²) in [5.41, 5.74) is 1.35. The molecule has 5 aliphatic rings. The summed E-state index contributed by atoms with van der Waals surface area (Å²) in [6, 6.07) is 12.6. The van der Waals surface area contributed by atoms with Gasteiger partial charge in [0.25, 0.3) is 5.91 Å². The second-order valence-corrected chi connectivity index (χ2v) is 11.9. The molecule has 1 heterocycles. The summed E-state index contributed by atoms with van der Waals surface area (Å²) < 4.78 is 19.1. The molecule has 5 fully saturated rings. The van der Waals surface area contributed by atoms with Gasteiger partial charge in [-0.25, -0.2) is 4.39 Å². The summed E-state index contributed by atoms with van der Waals surface area (Å²) in [6.45, 7) is 4.83. The predicted molar refractivity (Wildman–Crippen MR) is 141 cm³/mol. The van der Waals surface area contributed by atoms with E-state index in [9.17, 15) is 14.3 Å². The Kier molecular flexibility index (Phi) is 6.95. The van der Waals surface area contributed by atoms with Crippen LogP contribution in [0, 0.1) is 23.6 Å². The fourth-order valence-corrected chi connectivity index (χ4v) is 7.91. The topological polar surface area (TPSA) is 65.0 Å². The molecule has 37 heavy (non-hydrogen) atoms. The molecule has 6 nitrogen and oxygen atoms in total. The quantitative estimate of drug-likeness (QED) is 0.555. The number of piperazine rings is 1. The first-order valence-corrected chi connectivity index (χ1v) is 13.9. The van der Waals surface area contributed by atoms with Crippen molar-refractivity contribution in [3.05, 3.63) is 59.9 Å². The highest BCUT2D eigenvalue weighted by Gasteiger charge is 2.53. The number of nitrogens with one attached hydrogen (secondary N) is 1. The van der Waals surface area contributed by atoms with Crippen LogP contribution in [0.25, 0.3) is 0 Å². The van der Waals surface area contributed by atoms with Gasteiger partial charge in [0.1, 0.15) is 24.3 Å². The standard InChI is InChI=1S/C30H38FN3O3/c31-24-5-7-25(8-6-24)32-29(36)27-3-1-2-4-28(27)37-20-26(35)19-33-9-11-34(12-10-33)30-16-21-13-22(17-30)15-23(14-21)18-30/h1-8,21-23,26,35H,9-20H2,(H,32,36). The molecule has 1 unspecified atom stereocenters. The van der Waals surface area contributed by atoms with Crippen LogP contribution >= 0.6 is 0 Å². The molecule has 0 radical (unpaired) electrons. The molecular weight excluding hydrogens is 469 g/mol. The van der Waals surface area contributed by atoms with E-state index in [2.05, 4.69) is 15.1 Å². The smallest absolute Gasteiger partial charge is 0.259 e. The Bertz CT molecular complexity index is 1060. The van der Waals surface area contributed by atoms with E-state index in [1.807, 2.05) is 0 Å². The van der Waals surface area contributed by atoms with Gasteiger partial charge in [0.2, 0.25) is 0 Å². The Morgan fingerprint density at radius 2 is 1.59 bits per heavy atom. The zero-order valence-electron chi connectivity index (χ0n) is 21.4. The van der Waals surface area contributed by atoms with Gasteiger partial charge in [-0.15, -0.1) is 0 Å². The molecule has 4 saturated carbocycles. The van der Waals surface area contributed by atoms with E-state index in [1.165, 1.54) is 62.8 Å². The molecule has 1 saturated heterocycles. The van der Waals surface area contributed by atoms with E-state index in [1.54, 1.807) is 24.3 Å². The van der Waals surface area contributed by atoms with Gasteiger partial charge in [-0.05, 0) is 92.7 Å². The molecule has 4 bridgehead atoms. The van der Waals surface area contributed by atoms with Gasteiger partial charge >= 0.3 is 0 Å². The highest BCUT2D eigenvalue weighted by atomic mass is 19.1. The van der Waals surface area contributed by atoms with E-state index >= 15 is 0 Å². The van der Waals surface area contributed by atoms with Crippen LogP contribution in [-0.2, 0) is 0 Å². The van der Waals surface area contributed by atoms with Crippen LogP contribution in [-0.4, -0.2) is 71.8 Å². The summed E-state index contributed by atoms with van der Waals surface area (Å²) in [6.07, 6.45) is 8.00. The van der Waals surface area contributed by atoms with Crippen molar-refractivity contribution in [2.75, 3.05) is 44.6 Å². The average Bonchev–Trinajstić information content (AvgIpc) is 2.88. The highest BCUT2D eigenvalue weighted by Crippen LogP contribution is 2.57. The van der Waals surface area contributed by atoms with Crippen LogP contribution in [0.5, 0.6) is 5.75 Å². The number of halogens is 1. The van der Waals surface area contributed by atoms with Crippen molar-refractivity contribution in [1.82, 2.24) is 9.80 Å². The maximum atomic E-state index is 13.2. The van der Waals surface area contributed by atoms with Crippen molar-refractivity contribution in [3.8, 4) is 5.75 Å². The van der Waals surface area contributed by atoms with Crippen molar-refractivity contribution in [2.45, 2.75) is 50.2 Å². The molecule has 7 rings (SSSR count). The molecule has 198 valence electrons. The van der Waals surface area contributed by atoms with Crippen molar-refractivity contribution < 1.29 is 19.0 Å². The summed E-state index contributed by atoms with van der Waals surface area (Å²) in [5.74, 6) is 2.62. The number of amides is 1. The molecular formula is C30H38FN3O3. The third-order valence-corrected chi connectivity index (χ3v) is 9.18. The van der Waals surface area contributed by atoms with Gasteiger partial charge in [0, 0.05) is 44.0 Å². The largest absolute Gasteiger partial charge is 0.490 e. The molecule has 1 aliphatic heterocycles. The molecule has 2 aromatic rings. The highest BCUT2D eigenvalue weighted by molar-refractivity contribution is 6.06. The number of carbonyl (C=O) groups is 1. The predicted octanol–water partition coefficient (Wildman–Crippen LogP) is 4.40. The molecule has 2 N–H and O–H groups in total. The van der Waals surface area contributed by atoms with Crippen LogP contribution in [0.3, 0.4) is 0 Å². The number of β-amino-alcohol motifs (C(OH)–C–C–N with tert-alkyl or cyclic N) is 1. The van der Waals surface area contributed by atoms with E-state index in [4.69, 9.17) is 4.74 Å². The monoisotopic (exact) mass is 507 g/mol. The summed E-state index contributed by atoms with van der Waals surface area (Å²) >= 11 is 0. The van der Waals surface area contributed by atoms with Crippen molar-refractivity contribution in [1.29, 1.82) is 0 Å². The maximum absolute atomic E-state index is 13.2. The number of rotatable bonds is 8. The molecule has 2 aromatic carbocycles. The van der Waals surface area contributed by atoms with Gasteiger partial charge < -0.3 is 15.2 Å². The molecule has 4 aliphatic carbocycles. The number of para-hydroxylation sites is 1. The number of benzene rings is 2. The lowest BCUT2D eigenvalue weighted by molar-refractivity contribution is -0.103. The minimum atomic E-state index is -0.640. The Labute approximate surface area is 218 Å². The first-order chi connectivity index (χ1) is 18.0. The van der Waals surface area contributed by atoms with Crippen molar-refractivity contribution >= 4 is 11.6 Å². The number of hydrogen-bond donors (Lipinski definition) is 2. The summed E-state index contributed by atoms with van der Waals surface area (Å²) in [7, 11) is 0. The van der Waals surface area contributed by atoms with Crippen LogP contribution in [0.15, 0.2) is 48.5 Å². The van der Waals surface area contributed by atoms with E-state index in [0.717, 1.165) is 43.9 Å². The number of nitrogens with zero attached hydrogens (tertiary/aromatic N) is 2. The third kappa shape index (κ3) is 5.40. The number of anilines is 1. The fraction of sp³-hybridized carbons (Fsp3) is 0.567. The number of hydrogen-bond acceptors (Lipinski definition) is 5. The molecule has 1 amide bonds. The minimum absolute atomic E-state index is 0.121. The SMILES string of the molecule is O=C(Nc1ccc(F)cc1)c1ccccc1OCC(O)CN1CCN(C23CC4CC(CC(C4)C2)C3)CC1. The van der Waals surface area contributed by atoms with E-state index < -0.39 is 6.10 Å². The lowest BCUT2D eigenvalue weighted by Crippen LogP contribution is -2.64. The normalized spacial score (nSPS) is 30.3. The number of carbonyl (C=O) groups excluding carboxylic acids is 1. The fourth-order valence-electron chi connectivity index (χ4n) is 7.91. The zero-order chi connectivity index (χ0) is 25.4. The Morgan fingerprint density at radius 1 is 0.973 bits per heavy atom. The number of ether oxygens (including phenoxy) is 1. The van der Waals surface area contributed by atoms with Crippen LogP contribution in [0.4, 0.5) is 10.1 Å². The first-order valence-electron chi connectivity index (χ1n) is 13.9. The third-order valence-electron chi connectivity index (χ3n) is 9.18. The maximum Gasteiger partial charge on any atom is 0.259 e. The minimum Gasteiger partial charge on any atom is -0.490 e. The second kappa shape index (κ2) is 10.4. The van der Waals surface area contributed by atoms with E-state index in [0.29, 0.717) is 29.1 Å². The van der Waals surface area contributed by atoms with Gasteiger partial charge in [0.15, 0.2) is 0 Å². The Morgan fingerprint density at radius 3 is 2.24 bits per heavy atom. The lowest BCUT2D eigenvalue weighted by atomic mass is 9.52. The average molecular weight is 508 g/mol. The molecule has 7 heteroatoms. The van der Waals surface area contributed by atoms with Gasteiger partial charge in [-0.1, -0.05) is 12.1 Å². The summed E-state index contributed by atoms with van der Waals surface area (Å²) in [5, 5.41) is 13.5. The van der Waals surface area contributed by atoms with Gasteiger partial charge in [-0.2, -0.15) is 0 Å². The lowest BCUT2D eigenvalue weighted by Gasteiger charge is -2.61. The molecule has 0 aromatic heterocycles. The Hall–Kier alpha value is -2.48. The van der Waals surface area contributed by atoms with Gasteiger partial charge in [0.05, 0.1) is 5.56 Å².